The maximum absolute atomic E-state index is 13.5. The van der Waals surface area contributed by atoms with E-state index in [-0.39, 0.29) is 29.4 Å². The third kappa shape index (κ3) is 4.50. The molecule has 226 valence electrons. The molecule has 10 heteroatoms. The predicted octanol–water partition coefficient (Wildman–Crippen LogP) is 6.36. The average molecular weight is 618 g/mol. The number of hydrogen-bond donors (Lipinski definition) is 0. The van der Waals surface area contributed by atoms with E-state index in [1.54, 1.807) is 47.6 Å². The maximum Gasteiger partial charge on any atom is 0.409 e. The molecular weight excluding hydrogens is 586 g/mol. The van der Waals surface area contributed by atoms with E-state index in [0.717, 1.165) is 24.1 Å². The fourth-order valence-corrected chi connectivity index (χ4v) is 8.22. The summed E-state index contributed by atoms with van der Waals surface area (Å²) in [5.41, 5.74) is 8.25. The molecule has 0 saturated carbocycles. The van der Waals surface area contributed by atoms with Gasteiger partial charge in [0.2, 0.25) is 0 Å². The molecule has 6 aromatic rings. The lowest BCUT2D eigenvalue weighted by atomic mass is 9.95. The molecule has 1 unspecified atom stereocenters. The quantitative estimate of drug-likeness (QED) is 0.223. The summed E-state index contributed by atoms with van der Waals surface area (Å²) in [4.78, 5) is 24.5. The van der Waals surface area contributed by atoms with Crippen molar-refractivity contribution in [3.8, 4) is 11.1 Å². The number of likely N-dealkylation sites (tertiary alicyclic amines) is 1. The van der Waals surface area contributed by atoms with Gasteiger partial charge in [-0.05, 0) is 60.2 Å². The molecular formula is C35H31N5O4S. The number of amides is 1. The lowest BCUT2D eigenvalue weighted by molar-refractivity contribution is 0.0889. The largest absolute Gasteiger partial charge is 0.448 e. The van der Waals surface area contributed by atoms with E-state index >= 15 is 0 Å². The second-order valence-electron chi connectivity index (χ2n) is 11.9. The molecule has 0 radical (unpaired) electrons. The SMILES string of the molecule is Cc1ccc(S(=O)(=O)n2ccc3c2ncc2ncc(C4CCCN(C(=O)OCC5c6ccccc6-c6ccccc65)C4)n23)cc1. The number of hydrogen-bond acceptors (Lipinski definition) is 6. The van der Waals surface area contributed by atoms with Gasteiger partial charge in [0.25, 0.3) is 10.0 Å². The summed E-state index contributed by atoms with van der Waals surface area (Å²) in [6.07, 6.45) is 6.32. The molecule has 0 bridgehead atoms. The highest BCUT2D eigenvalue weighted by Gasteiger charge is 2.32. The molecule has 1 atom stereocenters. The summed E-state index contributed by atoms with van der Waals surface area (Å²) in [5.74, 6) is -0.00129. The third-order valence-electron chi connectivity index (χ3n) is 9.18. The Labute approximate surface area is 260 Å². The van der Waals surface area contributed by atoms with Crippen molar-refractivity contribution in [3.05, 3.63) is 120 Å². The second-order valence-corrected chi connectivity index (χ2v) is 13.7. The average Bonchev–Trinajstić information content (AvgIpc) is 3.78. The summed E-state index contributed by atoms with van der Waals surface area (Å²) >= 11 is 0. The summed E-state index contributed by atoms with van der Waals surface area (Å²) < 4.78 is 36.2. The molecule has 1 saturated heterocycles. The van der Waals surface area contributed by atoms with E-state index in [0.29, 0.717) is 29.9 Å². The van der Waals surface area contributed by atoms with Crippen LogP contribution in [0.15, 0.2) is 102 Å². The second kappa shape index (κ2) is 10.6. The van der Waals surface area contributed by atoms with Crippen LogP contribution in [-0.4, -0.2) is 57.4 Å². The van der Waals surface area contributed by atoms with Gasteiger partial charge in [-0.15, -0.1) is 0 Å². The Morgan fingerprint density at radius 3 is 2.36 bits per heavy atom. The highest BCUT2D eigenvalue weighted by molar-refractivity contribution is 7.90. The van der Waals surface area contributed by atoms with Gasteiger partial charge in [0.05, 0.1) is 16.6 Å². The molecule has 2 aliphatic rings. The maximum atomic E-state index is 13.5. The topological polar surface area (TPSA) is 98.8 Å². The zero-order chi connectivity index (χ0) is 30.7. The summed E-state index contributed by atoms with van der Waals surface area (Å²) in [6, 6.07) is 25.2. The van der Waals surface area contributed by atoms with E-state index in [4.69, 9.17) is 4.74 Å². The van der Waals surface area contributed by atoms with Crippen LogP contribution < -0.4 is 0 Å². The van der Waals surface area contributed by atoms with Gasteiger partial charge >= 0.3 is 6.09 Å². The molecule has 9 nitrogen and oxygen atoms in total. The fourth-order valence-electron chi connectivity index (χ4n) is 6.92. The van der Waals surface area contributed by atoms with Crippen LogP contribution in [0, 0.1) is 6.92 Å². The first-order chi connectivity index (χ1) is 21.9. The van der Waals surface area contributed by atoms with Crippen LogP contribution in [0.2, 0.25) is 0 Å². The Balaban J connectivity index is 1.05. The zero-order valence-electron chi connectivity index (χ0n) is 24.7. The normalized spacial score (nSPS) is 16.6. The fraction of sp³-hybridized carbons (Fsp3) is 0.229. The molecule has 3 aromatic heterocycles. The van der Waals surface area contributed by atoms with E-state index in [9.17, 15) is 13.2 Å². The van der Waals surface area contributed by atoms with Crippen molar-refractivity contribution >= 4 is 32.9 Å². The van der Waals surface area contributed by atoms with Gasteiger partial charge in [0, 0.05) is 43.0 Å². The minimum absolute atomic E-state index is 0.00159. The van der Waals surface area contributed by atoms with E-state index < -0.39 is 10.0 Å². The first-order valence-corrected chi connectivity index (χ1v) is 16.6. The number of benzene rings is 3. The lowest BCUT2D eigenvalue weighted by Crippen LogP contribution is -2.40. The molecule has 1 amide bonds. The Morgan fingerprint density at radius 1 is 0.911 bits per heavy atom. The number of fused-ring (bicyclic) bond motifs is 6. The van der Waals surface area contributed by atoms with E-state index in [1.807, 2.05) is 41.8 Å². The van der Waals surface area contributed by atoms with Crippen LogP contribution in [0.3, 0.4) is 0 Å². The number of aromatic nitrogens is 4. The van der Waals surface area contributed by atoms with Crippen LogP contribution in [0.1, 0.15) is 47.1 Å². The van der Waals surface area contributed by atoms with Gasteiger partial charge in [0.1, 0.15) is 6.61 Å². The number of imidazole rings is 1. The zero-order valence-corrected chi connectivity index (χ0v) is 25.5. The molecule has 0 N–H and O–H groups in total. The first kappa shape index (κ1) is 27.6. The number of carbonyl (C=O) groups excluding carboxylic acids is 1. The monoisotopic (exact) mass is 617 g/mol. The Morgan fingerprint density at radius 2 is 1.62 bits per heavy atom. The predicted molar refractivity (Wildman–Crippen MR) is 171 cm³/mol. The van der Waals surface area contributed by atoms with Crippen LogP contribution >= 0.6 is 0 Å². The first-order valence-electron chi connectivity index (χ1n) is 15.2. The molecule has 1 fully saturated rings. The van der Waals surface area contributed by atoms with Crippen LogP contribution in [0.4, 0.5) is 4.79 Å². The van der Waals surface area contributed by atoms with Gasteiger partial charge < -0.3 is 9.64 Å². The number of piperidine rings is 1. The van der Waals surface area contributed by atoms with Gasteiger partial charge in [0.15, 0.2) is 11.3 Å². The van der Waals surface area contributed by atoms with Crippen molar-refractivity contribution in [1.82, 2.24) is 23.2 Å². The molecule has 4 heterocycles. The van der Waals surface area contributed by atoms with Crippen molar-refractivity contribution < 1.29 is 17.9 Å². The summed E-state index contributed by atoms with van der Waals surface area (Å²) in [7, 11) is -3.85. The van der Waals surface area contributed by atoms with Crippen LogP contribution in [-0.2, 0) is 14.8 Å². The number of carbonyl (C=O) groups is 1. The standard InChI is InChI=1S/C35H31N5O4S/c1-23-12-14-25(15-13-23)45(42,43)39-18-16-31-34(39)37-20-33-36-19-32(40(31)33)24-7-6-17-38(21-24)35(41)44-22-30-28-10-4-2-8-26(28)27-9-3-5-11-29(27)30/h2-5,8-16,18-20,24,30H,6-7,17,21-22H2,1H3. The van der Waals surface area contributed by atoms with Crippen molar-refractivity contribution in [2.75, 3.05) is 19.7 Å². The Hall–Kier alpha value is -4.96. The number of nitrogens with zero attached hydrogens (tertiary/aromatic N) is 5. The smallest absolute Gasteiger partial charge is 0.409 e. The summed E-state index contributed by atoms with van der Waals surface area (Å²) in [5, 5.41) is 0. The van der Waals surface area contributed by atoms with Crippen molar-refractivity contribution in [1.29, 1.82) is 0 Å². The van der Waals surface area contributed by atoms with Gasteiger partial charge in [-0.2, -0.15) is 0 Å². The van der Waals surface area contributed by atoms with E-state index in [1.165, 1.54) is 26.2 Å². The van der Waals surface area contributed by atoms with Gasteiger partial charge in [-0.25, -0.2) is 27.2 Å². The molecule has 3 aromatic carbocycles. The molecule has 45 heavy (non-hydrogen) atoms. The molecule has 1 aliphatic carbocycles. The highest BCUT2D eigenvalue weighted by atomic mass is 32.2. The van der Waals surface area contributed by atoms with Crippen molar-refractivity contribution in [2.45, 2.75) is 36.5 Å². The lowest BCUT2D eigenvalue weighted by Gasteiger charge is -2.32. The molecule has 0 spiro atoms. The Bertz CT molecular complexity index is 2160. The van der Waals surface area contributed by atoms with Gasteiger partial charge in [-0.1, -0.05) is 66.2 Å². The van der Waals surface area contributed by atoms with Crippen LogP contribution in [0.5, 0.6) is 0 Å². The summed E-state index contributed by atoms with van der Waals surface area (Å²) in [6.45, 7) is 3.29. The third-order valence-corrected chi connectivity index (χ3v) is 10.9. The van der Waals surface area contributed by atoms with Crippen LogP contribution in [0.25, 0.3) is 27.9 Å². The van der Waals surface area contributed by atoms with Gasteiger partial charge in [-0.3, -0.25) is 4.40 Å². The van der Waals surface area contributed by atoms with Crippen molar-refractivity contribution in [2.24, 2.45) is 0 Å². The van der Waals surface area contributed by atoms with E-state index in [2.05, 4.69) is 34.2 Å². The Kier molecular flexibility index (Phi) is 6.49. The number of rotatable bonds is 5. The van der Waals surface area contributed by atoms with Crippen molar-refractivity contribution in [3.63, 3.8) is 0 Å². The minimum atomic E-state index is -3.85. The molecule has 8 rings (SSSR count). The highest BCUT2D eigenvalue weighted by Crippen LogP contribution is 2.44. The number of ether oxygens (including phenoxy) is 1. The molecule has 1 aliphatic heterocycles. The number of aryl methyl sites for hydroxylation is 1. The minimum Gasteiger partial charge on any atom is -0.448 e.